The zero-order valence-corrected chi connectivity index (χ0v) is 11.6. The van der Waals surface area contributed by atoms with Gasteiger partial charge in [-0.05, 0) is 52.2 Å². The summed E-state index contributed by atoms with van der Waals surface area (Å²) < 4.78 is 0.996. The minimum atomic E-state index is 0.942. The van der Waals surface area contributed by atoms with Crippen molar-refractivity contribution in [1.29, 1.82) is 0 Å². The molecule has 0 fully saturated rings. The van der Waals surface area contributed by atoms with Gasteiger partial charge in [-0.25, -0.2) is 4.98 Å². The molecule has 0 bridgehead atoms. The van der Waals surface area contributed by atoms with Gasteiger partial charge in [0.2, 0.25) is 0 Å². The number of rotatable bonds is 3. The molecule has 0 radical (unpaired) electrons. The SMILES string of the molecule is CCc1ccc(N(C)c2ccc(Br)cn2)cc1. The van der Waals surface area contributed by atoms with Crippen molar-refractivity contribution in [2.45, 2.75) is 13.3 Å². The molecule has 0 amide bonds. The summed E-state index contributed by atoms with van der Waals surface area (Å²) in [4.78, 5) is 6.45. The smallest absolute Gasteiger partial charge is 0.132 e. The van der Waals surface area contributed by atoms with Crippen molar-refractivity contribution in [3.8, 4) is 0 Å². The van der Waals surface area contributed by atoms with E-state index >= 15 is 0 Å². The van der Waals surface area contributed by atoms with E-state index in [1.54, 1.807) is 0 Å². The fraction of sp³-hybridized carbons (Fsp3) is 0.214. The summed E-state index contributed by atoms with van der Waals surface area (Å²) in [6, 6.07) is 12.6. The van der Waals surface area contributed by atoms with Crippen LogP contribution in [0.3, 0.4) is 0 Å². The van der Waals surface area contributed by atoms with E-state index in [2.05, 4.69) is 57.0 Å². The topological polar surface area (TPSA) is 16.1 Å². The van der Waals surface area contributed by atoms with Gasteiger partial charge in [-0.3, -0.25) is 0 Å². The molecule has 0 saturated heterocycles. The highest BCUT2D eigenvalue weighted by molar-refractivity contribution is 9.10. The van der Waals surface area contributed by atoms with E-state index < -0.39 is 0 Å². The minimum absolute atomic E-state index is 0.942. The molecule has 0 saturated carbocycles. The van der Waals surface area contributed by atoms with Crippen LogP contribution in [0.5, 0.6) is 0 Å². The zero-order valence-electron chi connectivity index (χ0n) is 10.0. The fourth-order valence-electron chi connectivity index (χ4n) is 1.65. The van der Waals surface area contributed by atoms with Crippen molar-refractivity contribution < 1.29 is 0 Å². The van der Waals surface area contributed by atoms with Crippen LogP contribution in [0.2, 0.25) is 0 Å². The van der Waals surface area contributed by atoms with Crippen LogP contribution in [0.1, 0.15) is 12.5 Å². The maximum Gasteiger partial charge on any atom is 0.132 e. The Morgan fingerprint density at radius 3 is 2.35 bits per heavy atom. The van der Waals surface area contributed by atoms with Crippen molar-refractivity contribution >= 4 is 27.4 Å². The second kappa shape index (κ2) is 5.32. The molecule has 0 unspecified atom stereocenters. The summed E-state index contributed by atoms with van der Waals surface area (Å²) >= 11 is 3.39. The first kappa shape index (κ1) is 12.1. The van der Waals surface area contributed by atoms with E-state index in [9.17, 15) is 0 Å². The molecule has 1 aromatic heterocycles. The largest absolute Gasteiger partial charge is 0.329 e. The highest BCUT2D eigenvalue weighted by Crippen LogP contribution is 2.22. The number of pyridine rings is 1. The minimum Gasteiger partial charge on any atom is -0.329 e. The number of benzene rings is 1. The number of hydrogen-bond acceptors (Lipinski definition) is 2. The molecular formula is C14H15BrN2. The van der Waals surface area contributed by atoms with Gasteiger partial charge in [-0.2, -0.15) is 0 Å². The zero-order chi connectivity index (χ0) is 12.3. The Bertz CT molecular complexity index is 477. The third-order valence-corrected chi connectivity index (χ3v) is 3.26. The van der Waals surface area contributed by atoms with E-state index in [4.69, 9.17) is 0 Å². The predicted molar refractivity (Wildman–Crippen MR) is 75.8 cm³/mol. The second-order valence-corrected chi connectivity index (χ2v) is 4.83. The van der Waals surface area contributed by atoms with E-state index in [1.165, 1.54) is 5.56 Å². The number of halogens is 1. The fourth-order valence-corrected chi connectivity index (χ4v) is 1.89. The Morgan fingerprint density at radius 1 is 1.12 bits per heavy atom. The number of hydrogen-bond donors (Lipinski definition) is 0. The summed E-state index contributed by atoms with van der Waals surface area (Å²) in [5.74, 6) is 0.942. The first-order valence-corrected chi connectivity index (χ1v) is 6.44. The molecule has 0 aliphatic heterocycles. The van der Waals surface area contributed by atoms with Gasteiger partial charge in [-0.1, -0.05) is 19.1 Å². The first-order chi connectivity index (χ1) is 8.20. The summed E-state index contributed by atoms with van der Waals surface area (Å²) in [7, 11) is 2.02. The van der Waals surface area contributed by atoms with Gasteiger partial charge in [0.1, 0.15) is 5.82 Å². The number of anilines is 2. The van der Waals surface area contributed by atoms with E-state index in [0.29, 0.717) is 0 Å². The van der Waals surface area contributed by atoms with Gasteiger partial charge in [0.15, 0.2) is 0 Å². The van der Waals surface area contributed by atoms with Crippen molar-refractivity contribution in [3.63, 3.8) is 0 Å². The Kier molecular flexibility index (Phi) is 3.79. The highest BCUT2D eigenvalue weighted by Gasteiger charge is 2.04. The van der Waals surface area contributed by atoms with E-state index in [0.717, 1.165) is 22.4 Å². The molecule has 0 aliphatic carbocycles. The van der Waals surface area contributed by atoms with Gasteiger partial charge in [0.25, 0.3) is 0 Å². The van der Waals surface area contributed by atoms with Crippen molar-refractivity contribution in [3.05, 3.63) is 52.6 Å². The highest BCUT2D eigenvalue weighted by atomic mass is 79.9. The van der Waals surface area contributed by atoms with Gasteiger partial charge in [0, 0.05) is 23.4 Å². The lowest BCUT2D eigenvalue weighted by Gasteiger charge is -2.18. The molecule has 88 valence electrons. The number of nitrogens with zero attached hydrogens (tertiary/aromatic N) is 2. The maximum atomic E-state index is 4.38. The van der Waals surface area contributed by atoms with Crippen molar-refractivity contribution in [2.24, 2.45) is 0 Å². The molecule has 17 heavy (non-hydrogen) atoms. The summed E-state index contributed by atoms with van der Waals surface area (Å²) in [6.45, 7) is 2.16. The van der Waals surface area contributed by atoms with Gasteiger partial charge in [-0.15, -0.1) is 0 Å². The van der Waals surface area contributed by atoms with Crippen molar-refractivity contribution in [2.75, 3.05) is 11.9 Å². The lowest BCUT2D eigenvalue weighted by molar-refractivity contribution is 1.10. The van der Waals surface area contributed by atoms with Crippen LogP contribution in [0.25, 0.3) is 0 Å². The summed E-state index contributed by atoms with van der Waals surface area (Å²) in [6.07, 6.45) is 2.88. The quantitative estimate of drug-likeness (QED) is 0.843. The average molecular weight is 291 g/mol. The standard InChI is InChI=1S/C14H15BrN2/c1-3-11-4-7-13(8-5-11)17(2)14-9-6-12(15)10-16-14/h4-10H,3H2,1-2H3. The molecule has 2 nitrogen and oxygen atoms in total. The van der Waals surface area contributed by atoms with Crippen LogP contribution in [0, 0.1) is 0 Å². The normalized spacial score (nSPS) is 10.3. The molecule has 0 aliphatic rings. The lowest BCUT2D eigenvalue weighted by Crippen LogP contribution is -2.10. The van der Waals surface area contributed by atoms with E-state index in [1.807, 2.05) is 25.4 Å². The van der Waals surface area contributed by atoms with Crippen LogP contribution in [0.15, 0.2) is 47.1 Å². The molecule has 0 atom stereocenters. The van der Waals surface area contributed by atoms with Crippen molar-refractivity contribution in [1.82, 2.24) is 4.98 Å². The molecule has 3 heteroatoms. The molecule has 1 heterocycles. The number of aromatic nitrogens is 1. The number of aryl methyl sites for hydroxylation is 1. The third-order valence-electron chi connectivity index (χ3n) is 2.79. The molecular weight excluding hydrogens is 276 g/mol. The summed E-state index contributed by atoms with van der Waals surface area (Å²) in [5, 5.41) is 0. The van der Waals surface area contributed by atoms with Crippen LogP contribution in [-0.4, -0.2) is 12.0 Å². The van der Waals surface area contributed by atoms with Gasteiger partial charge >= 0.3 is 0 Å². The predicted octanol–water partition coefficient (Wildman–Crippen LogP) is 4.17. The maximum absolute atomic E-state index is 4.38. The van der Waals surface area contributed by atoms with Crippen LogP contribution < -0.4 is 4.90 Å². The van der Waals surface area contributed by atoms with Gasteiger partial charge in [0.05, 0.1) is 0 Å². The Morgan fingerprint density at radius 2 is 1.82 bits per heavy atom. The third kappa shape index (κ3) is 2.86. The Balaban J connectivity index is 2.23. The Hall–Kier alpha value is -1.35. The lowest BCUT2D eigenvalue weighted by atomic mass is 10.1. The van der Waals surface area contributed by atoms with Crippen LogP contribution >= 0.6 is 15.9 Å². The van der Waals surface area contributed by atoms with Crippen LogP contribution in [0.4, 0.5) is 11.5 Å². The molecule has 1 aromatic carbocycles. The summed E-state index contributed by atoms with van der Waals surface area (Å²) in [5.41, 5.74) is 2.50. The Labute approximate surface area is 110 Å². The van der Waals surface area contributed by atoms with E-state index in [-0.39, 0.29) is 0 Å². The molecule has 0 spiro atoms. The first-order valence-electron chi connectivity index (χ1n) is 5.65. The van der Waals surface area contributed by atoms with Crippen LogP contribution in [-0.2, 0) is 6.42 Å². The average Bonchev–Trinajstić information content (AvgIpc) is 2.39. The monoisotopic (exact) mass is 290 g/mol. The second-order valence-electron chi connectivity index (χ2n) is 3.91. The molecule has 2 aromatic rings. The molecule has 0 N–H and O–H groups in total. The van der Waals surface area contributed by atoms with Gasteiger partial charge < -0.3 is 4.90 Å². The molecule has 2 rings (SSSR count).